The Balaban J connectivity index is 2.86. The van der Waals surface area contributed by atoms with Crippen molar-refractivity contribution in [1.82, 2.24) is 0 Å². The van der Waals surface area contributed by atoms with Crippen molar-refractivity contribution in [2.45, 2.75) is 6.92 Å². The van der Waals surface area contributed by atoms with E-state index in [0.717, 1.165) is 5.33 Å². The number of rotatable bonds is 2. The summed E-state index contributed by atoms with van der Waals surface area (Å²) in [6, 6.07) is 2.07. The fourth-order valence-electron chi connectivity index (χ4n) is 0.671. The molecule has 0 aliphatic heterocycles. The van der Waals surface area contributed by atoms with Gasteiger partial charge in [-0.3, -0.25) is 0 Å². The molecule has 3 heteroatoms. The third kappa shape index (κ3) is 2.73. The van der Waals surface area contributed by atoms with Crippen LogP contribution in [0.1, 0.15) is 11.8 Å². The molecule has 0 bridgehead atoms. The third-order valence-corrected chi connectivity index (χ3v) is 3.94. The van der Waals surface area contributed by atoms with E-state index < -0.39 is 0 Å². The highest BCUT2D eigenvalue weighted by Gasteiger charge is 1.96. The van der Waals surface area contributed by atoms with Crippen LogP contribution in [0, 0.1) is 0 Å². The van der Waals surface area contributed by atoms with Gasteiger partial charge in [0.2, 0.25) is 0 Å². The minimum absolute atomic E-state index is 0.942. The van der Waals surface area contributed by atoms with Gasteiger partial charge in [0, 0.05) is 14.7 Å². The molecule has 0 atom stereocenters. The smallest absolute Gasteiger partial charge is 0.0412 e. The van der Waals surface area contributed by atoms with E-state index in [1.807, 2.05) is 0 Å². The summed E-state index contributed by atoms with van der Waals surface area (Å²) >= 11 is 8.63. The standard InChI is InChI=1S/C8H8Br2S/c1-6(5-9)4-8-7(10)2-3-11-8/h2-4H,5H2,1H3/b6-4-. The van der Waals surface area contributed by atoms with Gasteiger partial charge in [-0.2, -0.15) is 0 Å². The van der Waals surface area contributed by atoms with Gasteiger partial charge in [-0.25, -0.2) is 0 Å². The van der Waals surface area contributed by atoms with Crippen molar-refractivity contribution in [3.05, 3.63) is 26.4 Å². The van der Waals surface area contributed by atoms with Crippen LogP contribution in [-0.4, -0.2) is 5.33 Å². The van der Waals surface area contributed by atoms with Crippen LogP contribution in [0.5, 0.6) is 0 Å². The Hall–Kier alpha value is 0.400. The quantitative estimate of drug-likeness (QED) is 0.713. The van der Waals surface area contributed by atoms with E-state index in [2.05, 4.69) is 56.3 Å². The van der Waals surface area contributed by atoms with Gasteiger partial charge in [-0.05, 0) is 40.4 Å². The predicted molar refractivity (Wildman–Crippen MR) is 59.5 cm³/mol. The third-order valence-electron chi connectivity index (χ3n) is 1.23. The summed E-state index contributed by atoms with van der Waals surface area (Å²) in [7, 11) is 0. The van der Waals surface area contributed by atoms with Gasteiger partial charge in [0.15, 0.2) is 0 Å². The largest absolute Gasteiger partial charge is 0.143 e. The molecular formula is C8H8Br2S. The second kappa shape index (κ2) is 4.43. The fourth-order valence-corrected chi connectivity index (χ4v) is 2.34. The van der Waals surface area contributed by atoms with Gasteiger partial charge in [-0.15, -0.1) is 11.3 Å². The van der Waals surface area contributed by atoms with E-state index in [-0.39, 0.29) is 0 Å². The van der Waals surface area contributed by atoms with Gasteiger partial charge in [0.1, 0.15) is 0 Å². The number of halogens is 2. The first kappa shape index (κ1) is 9.49. The molecule has 11 heavy (non-hydrogen) atoms. The zero-order valence-corrected chi connectivity index (χ0v) is 10.1. The first-order valence-corrected chi connectivity index (χ1v) is 5.99. The first-order valence-electron chi connectivity index (χ1n) is 3.20. The molecule has 0 aliphatic rings. The molecule has 1 aromatic heterocycles. The summed E-state index contributed by atoms with van der Waals surface area (Å²) in [5.41, 5.74) is 1.34. The Labute approximate surface area is 87.6 Å². The predicted octanol–water partition coefficient (Wildman–Crippen LogP) is 4.31. The van der Waals surface area contributed by atoms with Crippen molar-refractivity contribution < 1.29 is 0 Å². The van der Waals surface area contributed by atoms with E-state index in [9.17, 15) is 0 Å². The van der Waals surface area contributed by atoms with E-state index in [1.54, 1.807) is 11.3 Å². The molecule has 0 unspecified atom stereocenters. The number of thiophene rings is 1. The average Bonchev–Trinajstić information content (AvgIpc) is 2.37. The molecule has 0 amide bonds. The molecule has 1 aromatic rings. The van der Waals surface area contributed by atoms with E-state index in [4.69, 9.17) is 0 Å². The lowest BCUT2D eigenvalue weighted by Crippen LogP contribution is -1.73. The van der Waals surface area contributed by atoms with E-state index >= 15 is 0 Å². The highest BCUT2D eigenvalue weighted by Crippen LogP contribution is 2.25. The topological polar surface area (TPSA) is 0 Å². The second-order valence-corrected chi connectivity index (χ2v) is 4.62. The maximum Gasteiger partial charge on any atom is 0.0412 e. The second-order valence-electron chi connectivity index (χ2n) is 2.26. The molecule has 0 N–H and O–H groups in total. The highest BCUT2D eigenvalue weighted by atomic mass is 79.9. The number of hydrogen-bond donors (Lipinski definition) is 0. The molecule has 1 heterocycles. The molecule has 0 aliphatic carbocycles. The molecule has 1 rings (SSSR count). The molecule has 0 aromatic carbocycles. The summed E-state index contributed by atoms with van der Waals surface area (Å²) in [6.45, 7) is 2.11. The summed E-state index contributed by atoms with van der Waals surface area (Å²) in [5.74, 6) is 0. The van der Waals surface area contributed by atoms with Crippen molar-refractivity contribution in [1.29, 1.82) is 0 Å². The van der Waals surface area contributed by atoms with Gasteiger partial charge in [-0.1, -0.05) is 21.5 Å². The average molecular weight is 296 g/mol. The molecular weight excluding hydrogens is 288 g/mol. The van der Waals surface area contributed by atoms with Crippen molar-refractivity contribution >= 4 is 49.3 Å². The lowest BCUT2D eigenvalue weighted by Gasteiger charge is -1.92. The Morgan fingerprint density at radius 1 is 1.73 bits per heavy atom. The van der Waals surface area contributed by atoms with Crippen molar-refractivity contribution in [2.24, 2.45) is 0 Å². The van der Waals surface area contributed by atoms with E-state index in [1.165, 1.54) is 14.9 Å². The number of allylic oxidation sites excluding steroid dienone is 1. The number of alkyl halides is 1. The lowest BCUT2D eigenvalue weighted by molar-refractivity contribution is 1.46. The van der Waals surface area contributed by atoms with Gasteiger partial charge in [0.05, 0.1) is 0 Å². The molecule has 0 nitrogen and oxygen atoms in total. The number of hydrogen-bond acceptors (Lipinski definition) is 1. The normalized spacial score (nSPS) is 12.1. The molecule has 0 radical (unpaired) electrons. The van der Waals surface area contributed by atoms with Crippen LogP contribution < -0.4 is 0 Å². The Morgan fingerprint density at radius 2 is 2.45 bits per heavy atom. The lowest BCUT2D eigenvalue weighted by atomic mass is 10.3. The summed E-state index contributed by atoms with van der Waals surface area (Å²) in [5, 5.41) is 3.02. The van der Waals surface area contributed by atoms with Crippen LogP contribution in [-0.2, 0) is 0 Å². The van der Waals surface area contributed by atoms with Crippen molar-refractivity contribution in [3.63, 3.8) is 0 Å². The van der Waals surface area contributed by atoms with Crippen LogP contribution in [0.2, 0.25) is 0 Å². The molecule has 60 valence electrons. The summed E-state index contributed by atoms with van der Waals surface area (Å²) in [4.78, 5) is 1.29. The first-order chi connectivity index (χ1) is 5.24. The van der Waals surface area contributed by atoms with Crippen LogP contribution in [0.15, 0.2) is 21.5 Å². The van der Waals surface area contributed by atoms with Crippen molar-refractivity contribution in [2.75, 3.05) is 5.33 Å². The summed E-state index contributed by atoms with van der Waals surface area (Å²) < 4.78 is 1.18. The molecule has 0 saturated heterocycles. The molecule has 0 fully saturated rings. The Bertz CT molecular complexity index is 263. The zero-order valence-electron chi connectivity index (χ0n) is 6.10. The van der Waals surface area contributed by atoms with Gasteiger partial charge >= 0.3 is 0 Å². The maximum atomic E-state index is 3.47. The van der Waals surface area contributed by atoms with Gasteiger partial charge in [0.25, 0.3) is 0 Å². The molecule has 0 saturated carbocycles. The van der Waals surface area contributed by atoms with Crippen molar-refractivity contribution in [3.8, 4) is 0 Å². The van der Waals surface area contributed by atoms with Crippen LogP contribution in [0.3, 0.4) is 0 Å². The monoisotopic (exact) mass is 294 g/mol. The summed E-state index contributed by atoms with van der Waals surface area (Å²) in [6.07, 6.45) is 2.18. The zero-order chi connectivity index (χ0) is 8.27. The maximum absolute atomic E-state index is 3.47. The van der Waals surface area contributed by atoms with E-state index in [0.29, 0.717) is 0 Å². The fraction of sp³-hybridized carbons (Fsp3) is 0.250. The van der Waals surface area contributed by atoms with Gasteiger partial charge < -0.3 is 0 Å². The van der Waals surface area contributed by atoms with Crippen LogP contribution >= 0.6 is 43.2 Å². The highest BCUT2D eigenvalue weighted by molar-refractivity contribution is 9.10. The Morgan fingerprint density at radius 3 is 2.91 bits per heavy atom. The minimum atomic E-state index is 0.942. The SMILES string of the molecule is C/C(=C/c1sccc1Br)CBr. The molecule has 0 spiro atoms. The minimum Gasteiger partial charge on any atom is -0.143 e. The van der Waals surface area contributed by atoms with Crippen LogP contribution in [0.4, 0.5) is 0 Å². The Kier molecular flexibility index (Phi) is 3.82. The van der Waals surface area contributed by atoms with Crippen LogP contribution in [0.25, 0.3) is 6.08 Å².